The molecule has 2 saturated heterocycles. The molecule has 0 amide bonds. The van der Waals surface area contributed by atoms with Crippen molar-refractivity contribution in [3.63, 3.8) is 0 Å². The number of nitrogens with zero attached hydrogens (tertiary/aromatic N) is 2. The number of nitrogens with two attached hydrogens (primary N) is 1. The van der Waals surface area contributed by atoms with E-state index in [2.05, 4.69) is 30.7 Å². The first kappa shape index (κ1) is 13.8. The van der Waals surface area contributed by atoms with Gasteiger partial charge in [0.05, 0.1) is 0 Å². The van der Waals surface area contributed by atoms with Gasteiger partial charge in [0, 0.05) is 37.3 Å². The van der Waals surface area contributed by atoms with Crippen LogP contribution in [0.25, 0.3) is 0 Å². The summed E-state index contributed by atoms with van der Waals surface area (Å²) in [6.07, 6.45) is 7.94. The minimum atomic E-state index is 0.398. The summed E-state index contributed by atoms with van der Waals surface area (Å²) in [7, 11) is 2.33. The molecular formula is C16H31N3. The van der Waals surface area contributed by atoms with Crippen LogP contribution in [0.4, 0.5) is 0 Å². The number of likely N-dealkylation sites (N-methyl/N-ethyl adjacent to an activating group) is 1. The lowest BCUT2D eigenvalue weighted by Gasteiger charge is -2.45. The molecule has 3 rings (SSSR count). The van der Waals surface area contributed by atoms with Crippen molar-refractivity contribution < 1.29 is 0 Å². The first-order valence-electron chi connectivity index (χ1n) is 8.18. The van der Waals surface area contributed by atoms with E-state index in [9.17, 15) is 0 Å². The zero-order valence-corrected chi connectivity index (χ0v) is 12.9. The maximum absolute atomic E-state index is 6.46. The van der Waals surface area contributed by atoms with E-state index in [0.717, 1.165) is 12.1 Å². The lowest BCUT2D eigenvalue weighted by atomic mass is 9.72. The van der Waals surface area contributed by atoms with E-state index in [4.69, 9.17) is 5.73 Å². The molecule has 3 heteroatoms. The Bertz CT molecular complexity index is 328. The summed E-state index contributed by atoms with van der Waals surface area (Å²) in [4.78, 5) is 5.38. The first-order chi connectivity index (χ1) is 8.96. The van der Waals surface area contributed by atoms with Crippen LogP contribution in [0.15, 0.2) is 0 Å². The van der Waals surface area contributed by atoms with Gasteiger partial charge < -0.3 is 5.73 Å². The van der Waals surface area contributed by atoms with Crippen LogP contribution in [0.5, 0.6) is 0 Å². The molecule has 0 radical (unpaired) electrons. The van der Waals surface area contributed by atoms with Gasteiger partial charge in [-0.2, -0.15) is 0 Å². The Labute approximate surface area is 118 Å². The molecule has 3 aliphatic rings. The Morgan fingerprint density at radius 1 is 1.05 bits per heavy atom. The van der Waals surface area contributed by atoms with E-state index in [1.807, 2.05) is 0 Å². The summed E-state index contributed by atoms with van der Waals surface area (Å²) in [5, 5.41) is 0. The standard InChI is InChI=1S/C16H31N3/c1-16(2)8-6-14(17)15(10-16)19-9-7-12-4-5-13(11-19)18(12)3/h12-15H,4-11,17H2,1-3H3. The Hall–Kier alpha value is -0.120. The second-order valence-corrected chi connectivity index (χ2v) is 7.97. The van der Waals surface area contributed by atoms with Gasteiger partial charge in [0.2, 0.25) is 0 Å². The smallest absolute Gasteiger partial charge is 0.0252 e. The highest BCUT2D eigenvalue weighted by atomic mass is 15.3. The molecule has 1 aliphatic carbocycles. The molecule has 4 atom stereocenters. The molecule has 0 aromatic heterocycles. The van der Waals surface area contributed by atoms with E-state index >= 15 is 0 Å². The van der Waals surface area contributed by atoms with Crippen molar-refractivity contribution in [3.8, 4) is 0 Å². The minimum Gasteiger partial charge on any atom is -0.326 e. The third kappa shape index (κ3) is 2.70. The second kappa shape index (κ2) is 5.01. The van der Waals surface area contributed by atoms with Gasteiger partial charge in [0.15, 0.2) is 0 Å². The summed E-state index contributed by atoms with van der Waals surface area (Å²) >= 11 is 0. The monoisotopic (exact) mass is 265 g/mol. The molecule has 4 unspecified atom stereocenters. The number of fused-ring (bicyclic) bond motifs is 2. The Kier molecular flexibility index (Phi) is 3.65. The number of hydrogen-bond acceptors (Lipinski definition) is 3. The molecule has 0 aromatic rings. The van der Waals surface area contributed by atoms with Crippen molar-refractivity contribution in [2.45, 2.75) is 76.5 Å². The van der Waals surface area contributed by atoms with Crippen LogP contribution in [-0.2, 0) is 0 Å². The average molecular weight is 265 g/mol. The summed E-state index contributed by atoms with van der Waals surface area (Å²) in [5.41, 5.74) is 6.94. The largest absolute Gasteiger partial charge is 0.326 e. The normalized spacial score (nSPS) is 44.2. The van der Waals surface area contributed by atoms with Gasteiger partial charge in [-0.15, -0.1) is 0 Å². The summed E-state index contributed by atoms with van der Waals surface area (Å²) in [5.74, 6) is 0. The van der Waals surface area contributed by atoms with Crippen molar-refractivity contribution in [2.75, 3.05) is 20.1 Å². The number of rotatable bonds is 1. The van der Waals surface area contributed by atoms with Gasteiger partial charge in [-0.1, -0.05) is 13.8 Å². The Morgan fingerprint density at radius 2 is 1.79 bits per heavy atom. The molecular weight excluding hydrogens is 234 g/mol. The molecule has 3 fully saturated rings. The summed E-state index contributed by atoms with van der Waals surface area (Å²) in [6, 6.07) is 2.64. The molecule has 0 aromatic carbocycles. The molecule has 2 aliphatic heterocycles. The molecule has 2 N–H and O–H groups in total. The van der Waals surface area contributed by atoms with E-state index in [-0.39, 0.29) is 0 Å². The highest BCUT2D eigenvalue weighted by Gasteiger charge is 2.41. The fourth-order valence-electron chi connectivity index (χ4n) is 4.61. The second-order valence-electron chi connectivity index (χ2n) is 7.97. The van der Waals surface area contributed by atoms with Gasteiger partial charge in [0.1, 0.15) is 0 Å². The van der Waals surface area contributed by atoms with Gasteiger partial charge in [0.25, 0.3) is 0 Å². The predicted octanol–water partition coefficient (Wildman–Crippen LogP) is 2.06. The van der Waals surface area contributed by atoms with Crippen molar-refractivity contribution >= 4 is 0 Å². The van der Waals surface area contributed by atoms with Gasteiger partial charge >= 0.3 is 0 Å². The lowest BCUT2D eigenvalue weighted by Crippen LogP contribution is -2.54. The molecule has 19 heavy (non-hydrogen) atoms. The van der Waals surface area contributed by atoms with E-state index in [1.54, 1.807) is 0 Å². The summed E-state index contributed by atoms with van der Waals surface area (Å²) < 4.78 is 0. The molecule has 0 spiro atoms. The molecule has 2 heterocycles. The van der Waals surface area contributed by atoms with Crippen LogP contribution in [0.3, 0.4) is 0 Å². The SMILES string of the molecule is CN1C2CCC1CN(C1CC(C)(C)CCC1N)CC2. The van der Waals surface area contributed by atoms with Crippen LogP contribution in [0, 0.1) is 5.41 Å². The van der Waals surface area contributed by atoms with E-state index < -0.39 is 0 Å². The van der Waals surface area contributed by atoms with Crippen LogP contribution in [0.1, 0.15) is 52.4 Å². The van der Waals surface area contributed by atoms with E-state index in [0.29, 0.717) is 17.5 Å². The van der Waals surface area contributed by atoms with Crippen molar-refractivity contribution in [1.82, 2.24) is 9.80 Å². The van der Waals surface area contributed by atoms with Crippen LogP contribution < -0.4 is 5.73 Å². The van der Waals surface area contributed by atoms with Crippen LogP contribution >= 0.6 is 0 Å². The van der Waals surface area contributed by atoms with Gasteiger partial charge in [-0.05, 0) is 51.0 Å². The highest BCUT2D eigenvalue weighted by molar-refractivity contribution is 4.98. The highest BCUT2D eigenvalue weighted by Crippen LogP contribution is 2.38. The van der Waals surface area contributed by atoms with Gasteiger partial charge in [-0.25, -0.2) is 0 Å². The van der Waals surface area contributed by atoms with Crippen molar-refractivity contribution in [3.05, 3.63) is 0 Å². The zero-order valence-electron chi connectivity index (χ0n) is 12.9. The first-order valence-corrected chi connectivity index (χ1v) is 8.18. The average Bonchev–Trinajstić information content (AvgIpc) is 2.57. The van der Waals surface area contributed by atoms with Crippen molar-refractivity contribution in [1.29, 1.82) is 0 Å². The third-order valence-corrected chi connectivity index (χ3v) is 6.06. The van der Waals surface area contributed by atoms with Crippen LogP contribution in [-0.4, -0.2) is 54.1 Å². The minimum absolute atomic E-state index is 0.398. The van der Waals surface area contributed by atoms with Gasteiger partial charge in [-0.3, -0.25) is 9.80 Å². The fraction of sp³-hybridized carbons (Fsp3) is 1.00. The van der Waals surface area contributed by atoms with E-state index in [1.165, 1.54) is 51.6 Å². The quantitative estimate of drug-likeness (QED) is 0.788. The number of likely N-dealkylation sites (tertiary alicyclic amines) is 1. The fourth-order valence-corrected chi connectivity index (χ4v) is 4.61. The maximum atomic E-state index is 6.46. The third-order valence-electron chi connectivity index (χ3n) is 6.06. The van der Waals surface area contributed by atoms with Crippen molar-refractivity contribution in [2.24, 2.45) is 11.1 Å². The zero-order chi connectivity index (χ0) is 13.6. The molecule has 110 valence electrons. The molecule has 3 nitrogen and oxygen atoms in total. The topological polar surface area (TPSA) is 32.5 Å². The Balaban J connectivity index is 1.71. The maximum Gasteiger partial charge on any atom is 0.0252 e. The number of hydrogen-bond donors (Lipinski definition) is 1. The molecule has 2 bridgehead atoms. The molecule has 1 saturated carbocycles. The Morgan fingerprint density at radius 3 is 2.58 bits per heavy atom. The summed E-state index contributed by atoms with van der Waals surface area (Å²) in [6.45, 7) is 7.35. The lowest BCUT2D eigenvalue weighted by molar-refractivity contribution is 0.0709. The van der Waals surface area contributed by atoms with Crippen LogP contribution in [0.2, 0.25) is 0 Å². The predicted molar refractivity (Wildman–Crippen MR) is 80.2 cm³/mol.